The number of aryl methyl sites for hydroxylation is 1. The Morgan fingerprint density at radius 1 is 1.47 bits per heavy atom. The molecule has 0 saturated heterocycles. The molecule has 92 valence electrons. The van der Waals surface area contributed by atoms with Crippen molar-refractivity contribution in [1.82, 2.24) is 4.98 Å². The highest BCUT2D eigenvalue weighted by Gasteiger charge is 1.99. The molecule has 5 heteroatoms. The lowest BCUT2D eigenvalue weighted by molar-refractivity contribution is 0.348. The minimum atomic E-state index is -0.459. The summed E-state index contributed by atoms with van der Waals surface area (Å²) >= 11 is 0. The van der Waals surface area contributed by atoms with Crippen molar-refractivity contribution >= 4 is 5.69 Å². The van der Waals surface area contributed by atoms with Crippen molar-refractivity contribution < 1.29 is 9.13 Å². The van der Waals surface area contributed by atoms with E-state index in [4.69, 9.17) is 10.6 Å². The van der Waals surface area contributed by atoms with E-state index in [-0.39, 0.29) is 0 Å². The van der Waals surface area contributed by atoms with Crippen LogP contribution in [0.4, 0.5) is 10.1 Å². The smallest absolute Gasteiger partial charge is 0.213 e. The Morgan fingerprint density at radius 2 is 2.24 bits per heavy atom. The van der Waals surface area contributed by atoms with Crippen LogP contribution in [0, 0.1) is 6.92 Å². The minimum absolute atomic E-state index is 0.387. The first-order chi connectivity index (χ1) is 8.27. The van der Waals surface area contributed by atoms with Gasteiger partial charge in [0, 0.05) is 6.07 Å². The second-order valence-corrected chi connectivity index (χ2v) is 3.30. The highest BCUT2D eigenvalue weighted by molar-refractivity contribution is 5.48. The number of nitrogens with two attached hydrogens (primary N) is 1. The van der Waals surface area contributed by atoms with Gasteiger partial charge in [-0.3, -0.25) is 5.84 Å². The number of pyridine rings is 1. The molecule has 0 aromatic carbocycles. The van der Waals surface area contributed by atoms with E-state index in [1.165, 1.54) is 6.08 Å². The normalized spacial score (nSPS) is 11.2. The van der Waals surface area contributed by atoms with Crippen LogP contribution in [0.15, 0.2) is 36.6 Å². The molecule has 0 atom stereocenters. The molecule has 17 heavy (non-hydrogen) atoms. The third kappa shape index (κ3) is 4.65. The SMILES string of the molecule is Cc1cc(OC/C=C\C=C/CF)ncc1NN. The molecular formula is C12H16FN3O. The number of ether oxygens (including phenoxy) is 1. The highest BCUT2D eigenvalue weighted by Crippen LogP contribution is 2.16. The molecule has 1 aromatic rings. The van der Waals surface area contributed by atoms with Gasteiger partial charge in [0.2, 0.25) is 5.88 Å². The first kappa shape index (κ1) is 13.2. The third-order valence-corrected chi connectivity index (χ3v) is 2.04. The number of alkyl halides is 1. The number of hydrogen-bond acceptors (Lipinski definition) is 4. The van der Waals surface area contributed by atoms with Crippen LogP contribution < -0.4 is 16.0 Å². The molecule has 0 radical (unpaired) electrons. The highest BCUT2D eigenvalue weighted by atomic mass is 19.1. The molecule has 0 amide bonds. The van der Waals surface area contributed by atoms with Crippen LogP contribution in [-0.4, -0.2) is 18.3 Å². The summed E-state index contributed by atoms with van der Waals surface area (Å²) in [7, 11) is 0. The number of hydrazine groups is 1. The van der Waals surface area contributed by atoms with Gasteiger partial charge in [0.05, 0.1) is 11.9 Å². The molecule has 0 fully saturated rings. The molecule has 1 rings (SSSR count). The van der Waals surface area contributed by atoms with Gasteiger partial charge in [0.15, 0.2) is 0 Å². The predicted molar refractivity (Wildman–Crippen MR) is 66.5 cm³/mol. The number of hydrogen-bond donors (Lipinski definition) is 2. The molecule has 4 nitrogen and oxygen atoms in total. The Labute approximate surface area is 100.0 Å². The van der Waals surface area contributed by atoms with Gasteiger partial charge in [0.25, 0.3) is 0 Å². The molecule has 0 saturated carbocycles. The van der Waals surface area contributed by atoms with E-state index in [2.05, 4.69) is 10.4 Å². The fraction of sp³-hybridized carbons (Fsp3) is 0.250. The van der Waals surface area contributed by atoms with Gasteiger partial charge in [-0.15, -0.1) is 0 Å². The van der Waals surface area contributed by atoms with E-state index in [1.807, 2.05) is 6.92 Å². The lowest BCUT2D eigenvalue weighted by atomic mass is 10.2. The van der Waals surface area contributed by atoms with Gasteiger partial charge in [-0.25, -0.2) is 9.37 Å². The number of aromatic nitrogens is 1. The van der Waals surface area contributed by atoms with E-state index in [0.717, 1.165) is 11.3 Å². The van der Waals surface area contributed by atoms with Gasteiger partial charge in [0.1, 0.15) is 13.3 Å². The third-order valence-electron chi connectivity index (χ3n) is 2.04. The standard InChI is InChI=1S/C12H16FN3O/c1-10-8-12(15-9-11(10)16-14)17-7-5-3-2-4-6-13/h2-5,8-9,16H,6-7,14H2,1H3/b4-2-,5-3-. The summed E-state index contributed by atoms with van der Waals surface area (Å²) in [5, 5.41) is 0. The Bertz CT molecular complexity index is 405. The van der Waals surface area contributed by atoms with Crippen LogP contribution in [0.2, 0.25) is 0 Å². The number of nitrogens with zero attached hydrogens (tertiary/aromatic N) is 1. The zero-order chi connectivity index (χ0) is 12.5. The number of halogens is 1. The number of allylic oxidation sites excluding steroid dienone is 3. The summed E-state index contributed by atoms with van der Waals surface area (Å²) < 4.78 is 17.1. The quantitative estimate of drug-likeness (QED) is 0.452. The van der Waals surface area contributed by atoms with E-state index in [1.54, 1.807) is 30.5 Å². The van der Waals surface area contributed by atoms with Crippen molar-refractivity contribution in [3.05, 3.63) is 42.1 Å². The van der Waals surface area contributed by atoms with Crippen LogP contribution in [0.25, 0.3) is 0 Å². The van der Waals surface area contributed by atoms with Crippen molar-refractivity contribution in [3.63, 3.8) is 0 Å². The first-order valence-electron chi connectivity index (χ1n) is 5.21. The summed E-state index contributed by atoms with van der Waals surface area (Å²) in [5.41, 5.74) is 4.26. The van der Waals surface area contributed by atoms with Crippen LogP contribution in [-0.2, 0) is 0 Å². The van der Waals surface area contributed by atoms with Crippen molar-refractivity contribution in [3.8, 4) is 5.88 Å². The average Bonchev–Trinajstić information content (AvgIpc) is 2.34. The molecule has 0 bridgehead atoms. The number of anilines is 1. The lowest BCUT2D eigenvalue weighted by Crippen LogP contribution is -2.08. The molecule has 3 N–H and O–H groups in total. The largest absolute Gasteiger partial charge is 0.473 e. The van der Waals surface area contributed by atoms with Crippen molar-refractivity contribution in [2.75, 3.05) is 18.7 Å². The Hall–Kier alpha value is -1.88. The molecule has 0 aliphatic heterocycles. The Balaban J connectivity index is 2.44. The first-order valence-corrected chi connectivity index (χ1v) is 5.21. The molecule has 1 aromatic heterocycles. The van der Waals surface area contributed by atoms with Gasteiger partial charge in [-0.1, -0.05) is 18.2 Å². The maximum atomic E-state index is 11.7. The van der Waals surface area contributed by atoms with Crippen molar-refractivity contribution in [1.29, 1.82) is 0 Å². The summed E-state index contributed by atoms with van der Waals surface area (Å²) in [6.07, 6.45) is 8.15. The zero-order valence-electron chi connectivity index (χ0n) is 9.69. The maximum absolute atomic E-state index is 11.7. The number of rotatable bonds is 6. The second-order valence-electron chi connectivity index (χ2n) is 3.30. The van der Waals surface area contributed by atoms with Crippen LogP contribution in [0.5, 0.6) is 5.88 Å². The van der Waals surface area contributed by atoms with Crippen LogP contribution in [0.3, 0.4) is 0 Å². The molecular weight excluding hydrogens is 221 g/mol. The average molecular weight is 237 g/mol. The van der Waals surface area contributed by atoms with E-state index >= 15 is 0 Å². The van der Waals surface area contributed by atoms with E-state index in [0.29, 0.717) is 12.5 Å². The summed E-state index contributed by atoms with van der Waals surface area (Å²) in [6, 6.07) is 1.79. The molecule has 0 aliphatic rings. The number of nitrogen functional groups attached to an aromatic ring is 1. The predicted octanol–water partition coefficient (Wildman–Crippen LogP) is 2.14. The summed E-state index contributed by atoms with van der Waals surface area (Å²) in [5.74, 6) is 5.82. The minimum Gasteiger partial charge on any atom is -0.473 e. The van der Waals surface area contributed by atoms with Gasteiger partial charge >= 0.3 is 0 Å². The summed E-state index contributed by atoms with van der Waals surface area (Å²) in [4.78, 5) is 4.07. The summed E-state index contributed by atoms with van der Waals surface area (Å²) in [6.45, 7) is 1.83. The molecule has 0 unspecified atom stereocenters. The van der Waals surface area contributed by atoms with Crippen LogP contribution in [0.1, 0.15) is 5.56 Å². The molecule has 0 aliphatic carbocycles. The Kier molecular flexibility index (Phi) is 5.74. The van der Waals surface area contributed by atoms with Gasteiger partial charge < -0.3 is 10.2 Å². The van der Waals surface area contributed by atoms with E-state index in [9.17, 15) is 4.39 Å². The van der Waals surface area contributed by atoms with Gasteiger partial charge in [-0.05, 0) is 18.6 Å². The van der Waals surface area contributed by atoms with E-state index < -0.39 is 6.67 Å². The topological polar surface area (TPSA) is 60.2 Å². The zero-order valence-corrected chi connectivity index (χ0v) is 9.69. The second kappa shape index (κ2) is 7.40. The number of nitrogens with one attached hydrogen (secondary N) is 1. The van der Waals surface area contributed by atoms with Crippen LogP contribution >= 0.6 is 0 Å². The Morgan fingerprint density at radius 3 is 2.88 bits per heavy atom. The van der Waals surface area contributed by atoms with Crippen molar-refractivity contribution in [2.24, 2.45) is 5.84 Å². The lowest BCUT2D eigenvalue weighted by Gasteiger charge is -2.06. The fourth-order valence-corrected chi connectivity index (χ4v) is 1.16. The molecule has 1 heterocycles. The monoisotopic (exact) mass is 237 g/mol. The van der Waals surface area contributed by atoms with Crippen molar-refractivity contribution in [2.45, 2.75) is 6.92 Å². The van der Waals surface area contributed by atoms with Gasteiger partial charge in [-0.2, -0.15) is 0 Å². The maximum Gasteiger partial charge on any atom is 0.213 e. The molecule has 0 spiro atoms. The fourth-order valence-electron chi connectivity index (χ4n) is 1.16.